The second kappa shape index (κ2) is 8.90. The maximum absolute atomic E-state index is 13.1. The molecule has 0 fully saturated rings. The minimum Gasteiger partial charge on any atom is -0.324 e. The molecule has 2 aromatic carbocycles. The van der Waals surface area contributed by atoms with Crippen LogP contribution in [-0.4, -0.2) is 28.4 Å². The molecule has 0 saturated carbocycles. The van der Waals surface area contributed by atoms with Crippen molar-refractivity contribution in [3.05, 3.63) is 63.9 Å². The standard InChI is InChI=1S/C23H26N4O3/c1-5-16-11-9-10-15(3)21(16)25-19(28)14-27-18-13-8-7-12-17(18)24-22(23(27)30)26(4)20(29)6-2/h7-13H,5-6,14H2,1-4H3,(H,25,28). The number of carbonyl (C=O) groups is 2. The highest BCUT2D eigenvalue weighted by Crippen LogP contribution is 2.21. The third kappa shape index (κ3) is 4.10. The van der Waals surface area contributed by atoms with E-state index in [1.807, 2.05) is 32.0 Å². The fraction of sp³-hybridized carbons (Fsp3) is 0.304. The summed E-state index contributed by atoms with van der Waals surface area (Å²) in [5, 5.41) is 2.95. The van der Waals surface area contributed by atoms with E-state index >= 15 is 0 Å². The maximum Gasteiger partial charge on any atom is 0.294 e. The number of rotatable bonds is 6. The van der Waals surface area contributed by atoms with E-state index in [0.29, 0.717) is 11.0 Å². The molecule has 7 heteroatoms. The van der Waals surface area contributed by atoms with Gasteiger partial charge in [-0.15, -0.1) is 0 Å². The van der Waals surface area contributed by atoms with Gasteiger partial charge in [-0.3, -0.25) is 23.9 Å². The fourth-order valence-electron chi connectivity index (χ4n) is 3.43. The van der Waals surface area contributed by atoms with Crippen molar-refractivity contribution in [3.8, 4) is 0 Å². The number of nitrogens with zero attached hydrogens (tertiary/aromatic N) is 3. The van der Waals surface area contributed by atoms with Gasteiger partial charge in [-0.25, -0.2) is 4.98 Å². The molecule has 0 spiro atoms. The Bertz CT molecular complexity index is 1170. The van der Waals surface area contributed by atoms with E-state index < -0.39 is 5.56 Å². The Kier molecular flexibility index (Phi) is 6.30. The van der Waals surface area contributed by atoms with Crippen LogP contribution in [0.4, 0.5) is 11.5 Å². The summed E-state index contributed by atoms with van der Waals surface area (Å²) in [5.41, 5.74) is 3.37. The molecule has 0 aliphatic carbocycles. The fourth-order valence-corrected chi connectivity index (χ4v) is 3.43. The molecule has 1 heterocycles. The van der Waals surface area contributed by atoms with Crippen LogP contribution in [0, 0.1) is 6.92 Å². The summed E-state index contributed by atoms with van der Waals surface area (Å²) in [7, 11) is 1.52. The van der Waals surface area contributed by atoms with Crippen molar-refractivity contribution in [1.82, 2.24) is 9.55 Å². The molecule has 2 amide bonds. The van der Waals surface area contributed by atoms with Crippen molar-refractivity contribution in [2.24, 2.45) is 0 Å². The van der Waals surface area contributed by atoms with Gasteiger partial charge in [0, 0.05) is 19.2 Å². The number of hydrogen-bond acceptors (Lipinski definition) is 4. The lowest BCUT2D eigenvalue weighted by Crippen LogP contribution is -2.36. The molecule has 1 aromatic heterocycles. The molecular formula is C23H26N4O3. The van der Waals surface area contributed by atoms with Crippen LogP contribution in [0.25, 0.3) is 11.0 Å². The summed E-state index contributed by atoms with van der Waals surface area (Å²) in [6.07, 6.45) is 1.03. The SMILES string of the molecule is CCC(=O)N(C)c1nc2ccccc2n(CC(=O)Nc2c(C)cccc2CC)c1=O. The van der Waals surface area contributed by atoms with Crippen LogP contribution in [0.2, 0.25) is 0 Å². The van der Waals surface area contributed by atoms with Crippen LogP contribution in [0.3, 0.4) is 0 Å². The second-order valence-corrected chi connectivity index (χ2v) is 7.13. The van der Waals surface area contributed by atoms with E-state index in [1.165, 1.54) is 16.5 Å². The predicted molar refractivity (Wildman–Crippen MR) is 119 cm³/mol. The highest BCUT2D eigenvalue weighted by molar-refractivity contribution is 5.94. The molecule has 30 heavy (non-hydrogen) atoms. The zero-order valence-electron chi connectivity index (χ0n) is 17.7. The van der Waals surface area contributed by atoms with Crippen LogP contribution >= 0.6 is 0 Å². The van der Waals surface area contributed by atoms with E-state index in [4.69, 9.17) is 0 Å². The molecule has 0 atom stereocenters. The average Bonchev–Trinajstić information content (AvgIpc) is 2.75. The first kappa shape index (κ1) is 21.2. The molecule has 0 bridgehead atoms. The van der Waals surface area contributed by atoms with Crippen molar-refractivity contribution >= 4 is 34.4 Å². The number of nitrogens with one attached hydrogen (secondary N) is 1. The van der Waals surface area contributed by atoms with Gasteiger partial charge in [-0.05, 0) is 36.6 Å². The lowest BCUT2D eigenvalue weighted by molar-refractivity contribution is -0.118. The van der Waals surface area contributed by atoms with Crippen molar-refractivity contribution in [1.29, 1.82) is 0 Å². The van der Waals surface area contributed by atoms with Crippen LogP contribution in [0.15, 0.2) is 47.3 Å². The number of amides is 2. The van der Waals surface area contributed by atoms with Gasteiger partial charge in [0.1, 0.15) is 6.54 Å². The molecule has 3 aromatic rings. The normalized spacial score (nSPS) is 10.8. The predicted octanol–water partition coefficient (Wildman–Crippen LogP) is 3.28. The monoisotopic (exact) mass is 406 g/mol. The summed E-state index contributed by atoms with van der Waals surface area (Å²) in [6.45, 7) is 5.50. The zero-order chi connectivity index (χ0) is 21.8. The molecule has 0 aliphatic rings. The lowest BCUT2D eigenvalue weighted by atomic mass is 10.1. The van der Waals surface area contributed by atoms with E-state index in [0.717, 1.165) is 23.2 Å². The highest BCUT2D eigenvalue weighted by atomic mass is 16.2. The minimum absolute atomic E-state index is 0.0125. The first-order valence-electron chi connectivity index (χ1n) is 10.0. The smallest absolute Gasteiger partial charge is 0.294 e. The topological polar surface area (TPSA) is 84.3 Å². The summed E-state index contributed by atoms with van der Waals surface area (Å²) < 4.78 is 1.37. The van der Waals surface area contributed by atoms with Gasteiger partial charge in [0.25, 0.3) is 5.56 Å². The number of hydrogen-bond donors (Lipinski definition) is 1. The summed E-state index contributed by atoms with van der Waals surface area (Å²) >= 11 is 0. The molecule has 0 aliphatic heterocycles. The van der Waals surface area contributed by atoms with Gasteiger partial charge in [0.15, 0.2) is 0 Å². The zero-order valence-corrected chi connectivity index (χ0v) is 17.7. The van der Waals surface area contributed by atoms with E-state index in [9.17, 15) is 14.4 Å². The van der Waals surface area contributed by atoms with Crippen LogP contribution in [0.5, 0.6) is 0 Å². The molecule has 156 valence electrons. The first-order valence-corrected chi connectivity index (χ1v) is 10.0. The summed E-state index contributed by atoms with van der Waals surface area (Å²) in [5.74, 6) is -0.523. The Morgan fingerprint density at radius 1 is 1.10 bits per heavy atom. The minimum atomic E-state index is -0.478. The van der Waals surface area contributed by atoms with E-state index in [1.54, 1.807) is 31.2 Å². The number of carbonyl (C=O) groups excluding carboxylic acids is 2. The van der Waals surface area contributed by atoms with Gasteiger partial charge in [-0.2, -0.15) is 0 Å². The Labute approximate surface area is 175 Å². The number of aryl methyl sites for hydroxylation is 2. The van der Waals surface area contributed by atoms with Crippen LogP contribution in [0.1, 0.15) is 31.4 Å². The number of fused-ring (bicyclic) bond motifs is 1. The van der Waals surface area contributed by atoms with Gasteiger partial charge < -0.3 is 5.32 Å². The third-order valence-electron chi connectivity index (χ3n) is 5.14. The summed E-state index contributed by atoms with van der Waals surface area (Å²) in [6, 6.07) is 13.0. The third-order valence-corrected chi connectivity index (χ3v) is 5.14. The Hall–Kier alpha value is -3.48. The molecule has 0 radical (unpaired) electrons. The number of para-hydroxylation sites is 3. The van der Waals surface area contributed by atoms with Gasteiger partial charge in [0.05, 0.1) is 11.0 Å². The van der Waals surface area contributed by atoms with Gasteiger partial charge in [-0.1, -0.05) is 44.2 Å². The van der Waals surface area contributed by atoms with Crippen molar-refractivity contribution < 1.29 is 9.59 Å². The Morgan fingerprint density at radius 2 is 1.83 bits per heavy atom. The van der Waals surface area contributed by atoms with Crippen LogP contribution in [-0.2, 0) is 22.6 Å². The van der Waals surface area contributed by atoms with Crippen molar-refractivity contribution in [2.75, 3.05) is 17.3 Å². The molecule has 1 N–H and O–H groups in total. The van der Waals surface area contributed by atoms with E-state index in [-0.39, 0.29) is 30.6 Å². The van der Waals surface area contributed by atoms with E-state index in [2.05, 4.69) is 10.3 Å². The number of anilines is 2. The molecular weight excluding hydrogens is 380 g/mol. The molecule has 0 unspecified atom stereocenters. The molecule has 7 nitrogen and oxygen atoms in total. The lowest BCUT2D eigenvalue weighted by Gasteiger charge is -2.18. The first-order chi connectivity index (χ1) is 14.4. The number of benzene rings is 2. The average molecular weight is 406 g/mol. The molecule has 3 rings (SSSR count). The van der Waals surface area contributed by atoms with Gasteiger partial charge in [0.2, 0.25) is 17.6 Å². The maximum atomic E-state index is 13.1. The number of aromatic nitrogens is 2. The summed E-state index contributed by atoms with van der Waals surface area (Å²) in [4.78, 5) is 43.8. The van der Waals surface area contributed by atoms with Crippen LogP contribution < -0.4 is 15.8 Å². The van der Waals surface area contributed by atoms with Gasteiger partial charge >= 0.3 is 0 Å². The van der Waals surface area contributed by atoms with Crippen molar-refractivity contribution in [2.45, 2.75) is 40.2 Å². The Morgan fingerprint density at radius 3 is 2.53 bits per heavy atom. The Balaban J connectivity index is 2.03. The largest absolute Gasteiger partial charge is 0.324 e. The molecule has 0 saturated heterocycles. The second-order valence-electron chi connectivity index (χ2n) is 7.13. The quantitative estimate of drug-likeness (QED) is 0.681. The van der Waals surface area contributed by atoms with Crippen molar-refractivity contribution in [3.63, 3.8) is 0 Å². The highest BCUT2D eigenvalue weighted by Gasteiger charge is 2.20.